The molecule has 8 heteroatoms. The third-order valence-corrected chi connectivity index (χ3v) is 6.08. The lowest BCUT2D eigenvalue weighted by Gasteiger charge is -2.33. The second-order valence-electron chi connectivity index (χ2n) is 8.26. The second-order valence-corrected chi connectivity index (χ2v) is 8.26. The zero-order valence-corrected chi connectivity index (χ0v) is 18.7. The van der Waals surface area contributed by atoms with E-state index in [0.717, 1.165) is 30.6 Å². The molecule has 1 aliphatic heterocycles. The van der Waals surface area contributed by atoms with Gasteiger partial charge in [-0.15, -0.1) is 0 Å². The highest BCUT2D eigenvalue weighted by Gasteiger charge is 2.47. The summed E-state index contributed by atoms with van der Waals surface area (Å²) in [7, 11) is 1.53. The van der Waals surface area contributed by atoms with Crippen LogP contribution in [-0.2, 0) is 14.4 Å². The minimum atomic E-state index is -0.868. The molecule has 2 aliphatic rings. The smallest absolute Gasteiger partial charge is 0.308 e. The third-order valence-electron chi connectivity index (χ3n) is 6.08. The number of carbonyl (C=O) groups excluding carboxylic acids is 4. The Bertz CT molecular complexity index is 1070. The maximum absolute atomic E-state index is 13.6. The summed E-state index contributed by atoms with van der Waals surface area (Å²) in [4.78, 5) is 53.8. The molecule has 8 nitrogen and oxygen atoms in total. The summed E-state index contributed by atoms with van der Waals surface area (Å²) in [5.41, 5.74) is 0.800. The standard InChI is InChI=1S/C25H26N2O6/c1-16(28)33-20-12-10-19(11-13-20)27-23(29)15-22(25(27)31)26(18-7-3-4-8-18)24(30)17-6-5-9-21(14-17)32-2/h5-6,9-14,18,22H,3-4,7-8,15H2,1-2H3. The highest BCUT2D eigenvalue weighted by atomic mass is 16.5. The summed E-state index contributed by atoms with van der Waals surface area (Å²) >= 11 is 0. The van der Waals surface area contributed by atoms with E-state index in [1.165, 1.54) is 26.2 Å². The minimum absolute atomic E-state index is 0.0727. The van der Waals surface area contributed by atoms with Crippen LogP contribution in [0, 0.1) is 0 Å². The maximum atomic E-state index is 13.6. The molecule has 33 heavy (non-hydrogen) atoms. The molecule has 0 spiro atoms. The van der Waals surface area contributed by atoms with Gasteiger partial charge in [-0.2, -0.15) is 0 Å². The van der Waals surface area contributed by atoms with Crippen LogP contribution < -0.4 is 14.4 Å². The molecular formula is C25H26N2O6. The fourth-order valence-electron chi connectivity index (χ4n) is 4.58. The number of imide groups is 1. The number of esters is 1. The van der Waals surface area contributed by atoms with Crippen molar-refractivity contribution in [2.75, 3.05) is 12.0 Å². The van der Waals surface area contributed by atoms with Gasteiger partial charge in [-0.05, 0) is 55.3 Å². The molecule has 1 saturated carbocycles. The van der Waals surface area contributed by atoms with Crippen molar-refractivity contribution in [2.45, 2.75) is 51.1 Å². The molecule has 3 amide bonds. The van der Waals surface area contributed by atoms with Crippen LogP contribution in [0.2, 0.25) is 0 Å². The zero-order valence-electron chi connectivity index (χ0n) is 18.7. The van der Waals surface area contributed by atoms with Crippen molar-refractivity contribution in [2.24, 2.45) is 0 Å². The number of ether oxygens (including phenoxy) is 2. The summed E-state index contributed by atoms with van der Waals surface area (Å²) in [6.07, 6.45) is 3.47. The number of benzene rings is 2. The van der Waals surface area contributed by atoms with E-state index < -0.39 is 17.9 Å². The molecular weight excluding hydrogens is 424 g/mol. The first-order valence-electron chi connectivity index (χ1n) is 11.0. The van der Waals surface area contributed by atoms with Gasteiger partial charge in [-0.25, -0.2) is 4.90 Å². The van der Waals surface area contributed by atoms with Gasteiger partial charge < -0.3 is 14.4 Å². The summed E-state index contributed by atoms with van der Waals surface area (Å²) in [5.74, 6) is -0.660. The minimum Gasteiger partial charge on any atom is -0.497 e. The Hall–Kier alpha value is -3.68. The Labute approximate surface area is 192 Å². The van der Waals surface area contributed by atoms with Gasteiger partial charge in [-0.1, -0.05) is 18.9 Å². The van der Waals surface area contributed by atoms with E-state index in [1.807, 2.05) is 0 Å². The molecule has 0 N–H and O–H groups in total. The van der Waals surface area contributed by atoms with Gasteiger partial charge in [0.2, 0.25) is 5.91 Å². The van der Waals surface area contributed by atoms with Gasteiger partial charge >= 0.3 is 5.97 Å². The number of methoxy groups -OCH3 is 1. The molecule has 2 aromatic rings. The average molecular weight is 450 g/mol. The Balaban J connectivity index is 1.62. The highest BCUT2D eigenvalue weighted by molar-refractivity contribution is 6.23. The molecule has 1 aliphatic carbocycles. The van der Waals surface area contributed by atoms with Gasteiger partial charge in [0, 0.05) is 18.5 Å². The van der Waals surface area contributed by atoms with Gasteiger partial charge in [0.15, 0.2) is 0 Å². The largest absolute Gasteiger partial charge is 0.497 e. The fourth-order valence-corrected chi connectivity index (χ4v) is 4.58. The van der Waals surface area contributed by atoms with Crippen molar-refractivity contribution in [3.8, 4) is 11.5 Å². The van der Waals surface area contributed by atoms with Crippen LogP contribution in [0.3, 0.4) is 0 Å². The normalized spacial score (nSPS) is 18.5. The van der Waals surface area contributed by atoms with Crippen molar-refractivity contribution in [1.82, 2.24) is 4.90 Å². The SMILES string of the molecule is COc1cccc(C(=O)N(C2CCCC2)C2CC(=O)N(c3ccc(OC(C)=O)cc3)C2=O)c1. The second kappa shape index (κ2) is 9.44. The van der Waals surface area contributed by atoms with E-state index >= 15 is 0 Å². The molecule has 1 heterocycles. The lowest BCUT2D eigenvalue weighted by atomic mass is 10.1. The van der Waals surface area contributed by atoms with Gasteiger partial charge in [0.1, 0.15) is 17.5 Å². The first-order chi connectivity index (χ1) is 15.9. The molecule has 1 saturated heterocycles. The lowest BCUT2D eigenvalue weighted by molar-refractivity contribution is -0.132. The lowest BCUT2D eigenvalue weighted by Crippen LogP contribution is -2.50. The molecule has 0 radical (unpaired) electrons. The van der Waals surface area contributed by atoms with Crippen LogP contribution in [0.4, 0.5) is 5.69 Å². The summed E-state index contributed by atoms with van der Waals surface area (Å²) in [5, 5.41) is 0. The number of amides is 3. The molecule has 2 fully saturated rings. The van der Waals surface area contributed by atoms with E-state index in [9.17, 15) is 19.2 Å². The highest BCUT2D eigenvalue weighted by Crippen LogP contribution is 2.33. The molecule has 172 valence electrons. The number of carbonyl (C=O) groups is 4. The van der Waals surface area contributed by atoms with E-state index in [-0.39, 0.29) is 24.3 Å². The van der Waals surface area contributed by atoms with Crippen molar-refractivity contribution in [3.63, 3.8) is 0 Å². The van der Waals surface area contributed by atoms with Crippen molar-refractivity contribution >= 4 is 29.4 Å². The van der Waals surface area contributed by atoms with E-state index in [4.69, 9.17) is 9.47 Å². The maximum Gasteiger partial charge on any atom is 0.308 e. The zero-order chi connectivity index (χ0) is 23.5. The Morgan fingerprint density at radius 2 is 1.70 bits per heavy atom. The summed E-state index contributed by atoms with van der Waals surface area (Å²) in [6.45, 7) is 1.29. The predicted octanol–water partition coefficient (Wildman–Crippen LogP) is 3.34. The predicted molar refractivity (Wildman–Crippen MR) is 120 cm³/mol. The van der Waals surface area contributed by atoms with Crippen LogP contribution >= 0.6 is 0 Å². The van der Waals surface area contributed by atoms with Crippen LogP contribution in [0.25, 0.3) is 0 Å². The summed E-state index contributed by atoms with van der Waals surface area (Å²) < 4.78 is 10.3. The number of nitrogens with zero attached hydrogens (tertiary/aromatic N) is 2. The molecule has 1 unspecified atom stereocenters. The molecule has 2 aromatic carbocycles. The number of anilines is 1. The van der Waals surface area contributed by atoms with Crippen LogP contribution in [0.5, 0.6) is 11.5 Å². The fraction of sp³-hybridized carbons (Fsp3) is 0.360. The van der Waals surface area contributed by atoms with E-state index in [1.54, 1.807) is 41.3 Å². The Kier molecular flexibility index (Phi) is 6.44. The quantitative estimate of drug-likeness (QED) is 0.381. The monoisotopic (exact) mass is 450 g/mol. The molecule has 0 bridgehead atoms. The van der Waals surface area contributed by atoms with E-state index in [2.05, 4.69) is 0 Å². The Morgan fingerprint density at radius 3 is 2.33 bits per heavy atom. The Morgan fingerprint density at radius 1 is 1.00 bits per heavy atom. The number of hydrogen-bond donors (Lipinski definition) is 0. The first-order valence-corrected chi connectivity index (χ1v) is 11.0. The van der Waals surface area contributed by atoms with Crippen LogP contribution in [0.15, 0.2) is 48.5 Å². The molecule has 4 rings (SSSR count). The third kappa shape index (κ3) is 4.60. The van der Waals surface area contributed by atoms with Crippen molar-refractivity contribution in [3.05, 3.63) is 54.1 Å². The van der Waals surface area contributed by atoms with Crippen molar-refractivity contribution < 1.29 is 28.7 Å². The van der Waals surface area contributed by atoms with Gasteiger partial charge in [0.25, 0.3) is 11.8 Å². The topological polar surface area (TPSA) is 93.2 Å². The van der Waals surface area contributed by atoms with Gasteiger partial charge in [0.05, 0.1) is 19.2 Å². The molecule has 0 aromatic heterocycles. The average Bonchev–Trinajstić information content (AvgIpc) is 3.43. The van der Waals surface area contributed by atoms with Gasteiger partial charge in [-0.3, -0.25) is 19.2 Å². The molecule has 1 atom stereocenters. The van der Waals surface area contributed by atoms with Crippen molar-refractivity contribution in [1.29, 1.82) is 0 Å². The summed E-state index contributed by atoms with van der Waals surface area (Å²) in [6, 6.07) is 12.0. The number of hydrogen-bond acceptors (Lipinski definition) is 6. The van der Waals surface area contributed by atoms with Crippen LogP contribution in [0.1, 0.15) is 49.4 Å². The number of rotatable bonds is 6. The van der Waals surface area contributed by atoms with E-state index in [0.29, 0.717) is 22.7 Å². The first kappa shape index (κ1) is 22.5. The van der Waals surface area contributed by atoms with Crippen LogP contribution in [-0.4, -0.2) is 47.8 Å².